The third-order valence-corrected chi connectivity index (χ3v) is 7.34. The second kappa shape index (κ2) is 10.6. The maximum absolute atomic E-state index is 13.3. The van der Waals surface area contributed by atoms with E-state index >= 15 is 0 Å². The highest BCUT2D eigenvalue weighted by molar-refractivity contribution is 8.02. The minimum absolute atomic E-state index is 0.0000823. The summed E-state index contributed by atoms with van der Waals surface area (Å²) in [5, 5.41) is 12.4. The molecule has 0 aliphatic carbocycles. The molecule has 1 saturated heterocycles. The summed E-state index contributed by atoms with van der Waals surface area (Å²) in [4.78, 5) is 30.5. The van der Waals surface area contributed by atoms with Crippen molar-refractivity contribution in [2.75, 3.05) is 31.1 Å². The number of nitrogens with zero attached hydrogens (tertiary/aromatic N) is 5. The smallest absolute Gasteiger partial charge is 0.350 e. The van der Waals surface area contributed by atoms with Gasteiger partial charge in [-0.25, -0.2) is 14.0 Å². The normalized spacial score (nSPS) is 18.9. The summed E-state index contributed by atoms with van der Waals surface area (Å²) < 4.78 is 3.04. The molecular weight excluding hydrogens is 474 g/mol. The zero-order chi connectivity index (χ0) is 25.1. The third kappa shape index (κ3) is 5.05. The van der Waals surface area contributed by atoms with Gasteiger partial charge in [-0.05, 0) is 49.1 Å². The van der Waals surface area contributed by atoms with Gasteiger partial charge in [0.15, 0.2) is 5.50 Å². The van der Waals surface area contributed by atoms with E-state index in [2.05, 4.69) is 25.5 Å². The molecule has 0 radical (unpaired) electrons. The van der Waals surface area contributed by atoms with Crippen molar-refractivity contribution in [2.24, 2.45) is 0 Å². The summed E-state index contributed by atoms with van der Waals surface area (Å²) in [5.74, 6) is 0.0000823. The molecule has 36 heavy (non-hydrogen) atoms. The average molecular weight is 506 g/mol. The van der Waals surface area contributed by atoms with Crippen LogP contribution in [0.2, 0.25) is 0 Å². The summed E-state index contributed by atoms with van der Waals surface area (Å²) in [6, 6.07) is 17.6. The van der Waals surface area contributed by atoms with Gasteiger partial charge in [-0.1, -0.05) is 42.1 Å². The number of rotatable bonds is 7. The van der Waals surface area contributed by atoms with Crippen molar-refractivity contribution in [1.82, 2.24) is 29.9 Å². The van der Waals surface area contributed by atoms with Crippen LogP contribution < -0.4 is 21.2 Å². The lowest BCUT2D eigenvalue weighted by atomic mass is 10.0. The molecule has 0 saturated carbocycles. The van der Waals surface area contributed by atoms with E-state index < -0.39 is 0 Å². The zero-order valence-electron chi connectivity index (χ0n) is 20.4. The van der Waals surface area contributed by atoms with E-state index in [0.717, 1.165) is 43.1 Å². The second-order valence-electron chi connectivity index (χ2n) is 9.17. The first kappa shape index (κ1) is 24.2. The Labute approximate surface area is 214 Å². The highest BCUT2D eigenvalue weighted by Gasteiger charge is 2.32. The van der Waals surface area contributed by atoms with Crippen LogP contribution in [0.1, 0.15) is 31.5 Å². The molecule has 1 amide bonds. The van der Waals surface area contributed by atoms with Crippen LogP contribution in [0.5, 0.6) is 0 Å². The Hall–Kier alpha value is -3.50. The molecule has 2 unspecified atom stereocenters. The number of benzene rings is 2. The Morgan fingerprint density at radius 3 is 2.33 bits per heavy atom. The number of piperazine rings is 1. The van der Waals surface area contributed by atoms with E-state index in [9.17, 15) is 9.59 Å². The highest BCUT2D eigenvalue weighted by atomic mass is 32.2. The summed E-state index contributed by atoms with van der Waals surface area (Å²) in [6.07, 6.45) is 3.42. The van der Waals surface area contributed by atoms with Crippen LogP contribution in [0.15, 0.2) is 77.3 Å². The molecule has 2 aromatic carbocycles. The predicted molar refractivity (Wildman–Crippen MR) is 143 cm³/mol. The first-order chi connectivity index (χ1) is 17.5. The van der Waals surface area contributed by atoms with E-state index in [-0.39, 0.29) is 29.2 Å². The zero-order valence-corrected chi connectivity index (χ0v) is 21.3. The van der Waals surface area contributed by atoms with Crippen LogP contribution in [0.4, 0.5) is 5.69 Å². The fraction of sp³-hybridized carbons (Fsp3) is 0.346. The van der Waals surface area contributed by atoms with Crippen LogP contribution >= 0.6 is 11.8 Å². The van der Waals surface area contributed by atoms with Crippen LogP contribution in [0.3, 0.4) is 0 Å². The fourth-order valence-electron chi connectivity index (χ4n) is 4.64. The monoisotopic (exact) mass is 505 g/mol. The number of anilines is 1. The maximum atomic E-state index is 13.3. The van der Waals surface area contributed by atoms with Gasteiger partial charge in [0.2, 0.25) is 5.91 Å². The van der Waals surface area contributed by atoms with Gasteiger partial charge in [0.25, 0.3) is 0 Å². The number of carbonyl (C=O) groups is 1. The van der Waals surface area contributed by atoms with Gasteiger partial charge in [0.1, 0.15) is 12.4 Å². The quantitative estimate of drug-likeness (QED) is 0.511. The van der Waals surface area contributed by atoms with E-state index in [1.165, 1.54) is 4.68 Å². The Balaban J connectivity index is 1.26. The maximum Gasteiger partial charge on any atom is 0.350 e. The third-order valence-electron chi connectivity index (χ3n) is 6.52. The number of hydrogen-bond donors (Lipinski definition) is 2. The molecule has 9 nitrogen and oxygen atoms in total. The number of hydrogen-bond acceptors (Lipinski definition) is 7. The van der Waals surface area contributed by atoms with Crippen molar-refractivity contribution in [3.63, 3.8) is 0 Å². The van der Waals surface area contributed by atoms with Gasteiger partial charge in [0.05, 0.1) is 11.7 Å². The van der Waals surface area contributed by atoms with E-state index in [0.29, 0.717) is 0 Å². The number of aromatic nitrogens is 3. The van der Waals surface area contributed by atoms with Crippen molar-refractivity contribution in [1.29, 1.82) is 0 Å². The standard InChI is InChI=1S/C26H31N7O2S/c1-19(2)33-26(35)32(18-28-33)22-10-8-21(9-11-22)30-13-15-31(16-14-30)23(20-6-4-3-5-7-20)24(34)29-25-27-12-17-36-25/h3-12,17-19,23,25,27H,13-16H2,1-2H3,(H,29,34). The van der Waals surface area contributed by atoms with Crippen LogP contribution in [-0.2, 0) is 4.79 Å². The van der Waals surface area contributed by atoms with Gasteiger partial charge in [-0.2, -0.15) is 5.10 Å². The molecule has 0 spiro atoms. The SMILES string of the molecule is CC(C)n1ncn(-c2ccc(N3CCN(C(C(=O)NC4NC=CS4)c4ccccc4)CC3)cc2)c1=O. The lowest BCUT2D eigenvalue weighted by Gasteiger charge is -2.40. The van der Waals surface area contributed by atoms with Gasteiger partial charge >= 0.3 is 5.69 Å². The fourth-order valence-corrected chi connectivity index (χ4v) is 5.30. The largest absolute Gasteiger partial charge is 0.369 e. The molecule has 2 N–H and O–H groups in total. The minimum atomic E-state index is -0.344. The van der Waals surface area contributed by atoms with Crippen molar-refractivity contribution in [2.45, 2.75) is 31.4 Å². The van der Waals surface area contributed by atoms with Crippen LogP contribution in [-0.4, -0.2) is 56.8 Å². The molecule has 3 aromatic rings. The Morgan fingerprint density at radius 2 is 1.72 bits per heavy atom. The molecule has 10 heteroatoms. The minimum Gasteiger partial charge on any atom is -0.369 e. The molecule has 5 rings (SSSR count). The summed E-state index contributed by atoms with van der Waals surface area (Å²) in [7, 11) is 0. The van der Waals surface area contributed by atoms with Crippen molar-refractivity contribution in [3.05, 3.63) is 88.6 Å². The van der Waals surface area contributed by atoms with Gasteiger partial charge in [-0.15, -0.1) is 0 Å². The van der Waals surface area contributed by atoms with Crippen LogP contribution in [0, 0.1) is 0 Å². The molecule has 1 aromatic heterocycles. The van der Waals surface area contributed by atoms with E-state index in [1.54, 1.807) is 22.7 Å². The number of nitrogens with one attached hydrogen (secondary N) is 2. The summed E-state index contributed by atoms with van der Waals surface area (Å²) >= 11 is 1.55. The number of amides is 1. The van der Waals surface area contributed by atoms with Crippen molar-refractivity contribution in [3.8, 4) is 5.69 Å². The Bertz CT molecular complexity index is 1250. The molecule has 2 aliphatic heterocycles. The molecule has 1 fully saturated rings. The van der Waals surface area contributed by atoms with Crippen molar-refractivity contribution < 1.29 is 4.79 Å². The predicted octanol–water partition coefficient (Wildman–Crippen LogP) is 2.69. The van der Waals surface area contributed by atoms with E-state index in [1.807, 2.05) is 80.1 Å². The molecule has 3 heterocycles. The van der Waals surface area contributed by atoms with Gasteiger partial charge in [0, 0.05) is 38.1 Å². The Morgan fingerprint density at radius 1 is 1.03 bits per heavy atom. The molecular formula is C26H31N7O2S. The van der Waals surface area contributed by atoms with Gasteiger partial charge < -0.3 is 15.5 Å². The van der Waals surface area contributed by atoms with E-state index in [4.69, 9.17) is 0 Å². The lowest BCUT2D eigenvalue weighted by Crippen LogP contribution is -2.52. The summed E-state index contributed by atoms with van der Waals surface area (Å²) in [6.45, 7) is 7.01. The number of carbonyl (C=O) groups excluding carboxylic acids is 1. The number of thioether (sulfide) groups is 1. The highest BCUT2D eigenvalue weighted by Crippen LogP contribution is 2.26. The molecule has 0 bridgehead atoms. The summed E-state index contributed by atoms with van der Waals surface area (Å²) in [5.41, 5.74) is 2.61. The molecule has 2 atom stereocenters. The Kier molecular flexibility index (Phi) is 7.15. The lowest BCUT2D eigenvalue weighted by molar-refractivity contribution is -0.127. The molecule has 2 aliphatic rings. The molecule has 188 valence electrons. The topological polar surface area (TPSA) is 87.4 Å². The van der Waals surface area contributed by atoms with Crippen LogP contribution in [0.25, 0.3) is 5.69 Å². The van der Waals surface area contributed by atoms with Gasteiger partial charge in [-0.3, -0.25) is 9.69 Å². The van der Waals surface area contributed by atoms with Crippen molar-refractivity contribution >= 4 is 23.4 Å². The first-order valence-electron chi connectivity index (χ1n) is 12.2. The first-order valence-corrected chi connectivity index (χ1v) is 13.1. The second-order valence-corrected chi connectivity index (χ2v) is 10.2. The average Bonchev–Trinajstić information content (AvgIpc) is 3.55.